The van der Waals surface area contributed by atoms with E-state index in [2.05, 4.69) is 15.4 Å². The van der Waals surface area contributed by atoms with Gasteiger partial charge in [-0.25, -0.2) is 4.68 Å². The molecule has 0 spiro atoms. The fourth-order valence-electron chi connectivity index (χ4n) is 3.54. The van der Waals surface area contributed by atoms with Crippen LogP contribution in [0.4, 0.5) is 5.69 Å². The second kappa shape index (κ2) is 7.84. The molecule has 1 aliphatic rings. The maximum absolute atomic E-state index is 12.9. The van der Waals surface area contributed by atoms with Crippen molar-refractivity contribution in [3.05, 3.63) is 102 Å². The van der Waals surface area contributed by atoms with E-state index in [0.717, 1.165) is 28.2 Å². The Kier molecular flexibility index (Phi) is 4.72. The lowest BCUT2D eigenvalue weighted by Crippen LogP contribution is -2.21. The molecular formula is C25H19N5O. The predicted octanol–water partition coefficient (Wildman–Crippen LogP) is 4.74. The van der Waals surface area contributed by atoms with Crippen LogP contribution < -0.4 is 5.01 Å². The van der Waals surface area contributed by atoms with Crippen molar-refractivity contribution >= 4 is 23.4 Å². The van der Waals surface area contributed by atoms with Crippen molar-refractivity contribution < 1.29 is 4.79 Å². The highest BCUT2D eigenvalue weighted by Crippen LogP contribution is 2.25. The van der Waals surface area contributed by atoms with Gasteiger partial charge in [-0.3, -0.25) is 4.79 Å². The summed E-state index contributed by atoms with van der Waals surface area (Å²) >= 11 is 0. The predicted molar refractivity (Wildman–Crippen MR) is 122 cm³/mol. The summed E-state index contributed by atoms with van der Waals surface area (Å²) in [6, 6.07) is 27.3. The Hall–Kier alpha value is -4.32. The molecule has 0 saturated heterocycles. The van der Waals surface area contributed by atoms with E-state index in [4.69, 9.17) is 0 Å². The smallest absolute Gasteiger partial charge is 0.267 e. The summed E-state index contributed by atoms with van der Waals surface area (Å²) < 4.78 is 1.80. The molecule has 4 aromatic rings. The summed E-state index contributed by atoms with van der Waals surface area (Å²) in [7, 11) is 0. The van der Waals surface area contributed by atoms with Crippen LogP contribution in [0.3, 0.4) is 0 Å². The minimum Gasteiger partial charge on any atom is -0.267 e. The number of carbonyl (C=O) groups is 1. The number of para-hydroxylation sites is 1. The normalized spacial score (nSPS) is 14.9. The SMILES string of the molecule is CC1=NN(c2ccccc2)C(=O)C1=Cc1ccc(-n2nncc2-c2ccccc2)cc1. The van der Waals surface area contributed by atoms with Crippen molar-refractivity contribution in [2.24, 2.45) is 5.10 Å². The van der Waals surface area contributed by atoms with Crippen LogP contribution in [-0.4, -0.2) is 26.6 Å². The van der Waals surface area contributed by atoms with Crippen LogP contribution in [0.5, 0.6) is 0 Å². The summed E-state index contributed by atoms with van der Waals surface area (Å²) in [5, 5.41) is 14.2. The minimum absolute atomic E-state index is 0.129. The Morgan fingerprint density at radius 3 is 2.19 bits per heavy atom. The molecule has 2 heterocycles. The molecule has 0 fully saturated rings. The Morgan fingerprint density at radius 1 is 0.806 bits per heavy atom. The van der Waals surface area contributed by atoms with E-state index in [1.165, 1.54) is 5.01 Å². The van der Waals surface area contributed by atoms with Crippen LogP contribution in [0.1, 0.15) is 12.5 Å². The number of aromatic nitrogens is 3. The Balaban J connectivity index is 1.42. The molecule has 1 aromatic heterocycles. The fourth-order valence-corrected chi connectivity index (χ4v) is 3.54. The molecule has 6 heteroatoms. The van der Waals surface area contributed by atoms with E-state index in [-0.39, 0.29) is 5.91 Å². The zero-order valence-electron chi connectivity index (χ0n) is 16.9. The molecule has 31 heavy (non-hydrogen) atoms. The minimum atomic E-state index is -0.129. The van der Waals surface area contributed by atoms with Crippen molar-refractivity contribution in [3.63, 3.8) is 0 Å². The zero-order chi connectivity index (χ0) is 21.2. The third-order valence-corrected chi connectivity index (χ3v) is 5.13. The van der Waals surface area contributed by atoms with Crippen LogP contribution in [-0.2, 0) is 4.79 Å². The molecule has 3 aromatic carbocycles. The molecule has 0 aliphatic carbocycles. The molecule has 150 valence electrons. The molecule has 0 N–H and O–H groups in total. The lowest BCUT2D eigenvalue weighted by atomic mass is 10.1. The largest absolute Gasteiger partial charge is 0.280 e. The molecule has 0 radical (unpaired) electrons. The van der Waals surface area contributed by atoms with Gasteiger partial charge in [0, 0.05) is 5.56 Å². The van der Waals surface area contributed by atoms with Gasteiger partial charge in [-0.15, -0.1) is 5.10 Å². The van der Waals surface area contributed by atoms with Crippen molar-refractivity contribution in [3.8, 4) is 16.9 Å². The topological polar surface area (TPSA) is 63.4 Å². The third kappa shape index (κ3) is 3.55. The van der Waals surface area contributed by atoms with Crippen LogP contribution in [0, 0.1) is 0 Å². The van der Waals surface area contributed by atoms with E-state index < -0.39 is 0 Å². The first-order valence-corrected chi connectivity index (χ1v) is 9.94. The Morgan fingerprint density at radius 2 is 1.48 bits per heavy atom. The molecule has 0 bridgehead atoms. The van der Waals surface area contributed by atoms with Gasteiger partial charge < -0.3 is 0 Å². The number of hydrogen-bond donors (Lipinski definition) is 0. The highest BCUT2D eigenvalue weighted by atomic mass is 16.2. The number of rotatable bonds is 4. The Bertz CT molecular complexity index is 1290. The third-order valence-electron chi connectivity index (χ3n) is 5.13. The lowest BCUT2D eigenvalue weighted by molar-refractivity contribution is -0.114. The van der Waals surface area contributed by atoms with E-state index >= 15 is 0 Å². The quantitative estimate of drug-likeness (QED) is 0.461. The van der Waals surface area contributed by atoms with Crippen molar-refractivity contribution in [2.45, 2.75) is 6.92 Å². The summed E-state index contributed by atoms with van der Waals surface area (Å²) in [4.78, 5) is 12.9. The number of carbonyl (C=O) groups excluding carboxylic acids is 1. The molecule has 1 aliphatic heterocycles. The molecule has 5 rings (SSSR count). The highest BCUT2D eigenvalue weighted by molar-refractivity contribution is 6.32. The lowest BCUT2D eigenvalue weighted by Gasteiger charge is -2.11. The zero-order valence-corrected chi connectivity index (χ0v) is 16.9. The average Bonchev–Trinajstić information content (AvgIpc) is 3.42. The van der Waals surface area contributed by atoms with Gasteiger partial charge in [0.05, 0.1) is 34.6 Å². The highest BCUT2D eigenvalue weighted by Gasteiger charge is 2.28. The van der Waals surface area contributed by atoms with Gasteiger partial charge >= 0.3 is 0 Å². The second-order valence-corrected chi connectivity index (χ2v) is 7.18. The summed E-state index contributed by atoms with van der Waals surface area (Å²) in [5.74, 6) is -0.129. The van der Waals surface area contributed by atoms with Crippen molar-refractivity contribution in [1.82, 2.24) is 15.0 Å². The molecule has 0 unspecified atom stereocenters. The average molecular weight is 405 g/mol. The number of benzene rings is 3. The first kappa shape index (κ1) is 18.7. The van der Waals surface area contributed by atoms with Gasteiger partial charge in [0.2, 0.25) is 0 Å². The first-order chi connectivity index (χ1) is 15.2. The molecule has 6 nitrogen and oxygen atoms in total. The molecular weight excluding hydrogens is 386 g/mol. The van der Waals surface area contributed by atoms with Gasteiger partial charge in [0.25, 0.3) is 5.91 Å². The van der Waals surface area contributed by atoms with Gasteiger partial charge in [0.15, 0.2) is 0 Å². The summed E-state index contributed by atoms with van der Waals surface area (Å²) in [5.41, 5.74) is 5.81. The number of amides is 1. The van der Waals surface area contributed by atoms with Crippen LogP contribution >= 0.6 is 0 Å². The van der Waals surface area contributed by atoms with Crippen molar-refractivity contribution in [2.75, 3.05) is 5.01 Å². The molecule has 0 saturated carbocycles. The first-order valence-electron chi connectivity index (χ1n) is 9.94. The van der Waals surface area contributed by atoms with Crippen LogP contribution in [0.2, 0.25) is 0 Å². The van der Waals surface area contributed by atoms with E-state index in [1.807, 2.05) is 97.9 Å². The number of nitrogens with zero attached hydrogens (tertiary/aromatic N) is 5. The maximum atomic E-state index is 12.9. The van der Waals surface area contributed by atoms with Gasteiger partial charge in [-0.05, 0) is 42.8 Å². The molecule has 1 amide bonds. The maximum Gasteiger partial charge on any atom is 0.280 e. The number of hydrazone groups is 1. The van der Waals surface area contributed by atoms with Gasteiger partial charge in [0.1, 0.15) is 0 Å². The number of hydrogen-bond acceptors (Lipinski definition) is 4. The van der Waals surface area contributed by atoms with E-state index in [9.17, 15) is 4.79 Å². The second-order valence-electron chi connectivity index (χ2n) is 7.18. The van der Waals surface area contributed by atoms with Crippen LogP contribution in [0.25, 0.3) is 23.0 Å². The summed E-state index contributed by atoms with van der Waals surface area (Å²) in [6.45, 7) is 1.85. The van der Waals surface area contributed by atoms with Crippen molar-refractivity contribution in [1.29, 1.82) is 0 Å². The number of anilines is 1. The fraction of sp³-hybridized carbons (Fsp3) is 0.0400. The summed E-state index contributed by atoms with van der Waals surface area (Å²) in [6.07, 6.45) is 3.62. The standard InChI is InChI=1S/C25H19N5O/c1-18-23(25(31)30(27-18)21-10-6-3-7-11-21)16-19-12-14-22(15-13-19)29-24(17-26-28-29)20-8-4-2-5-9-20/h2-17H,1H3. The van der Waals surface area contributed by atoms with E-state index in [0.29, 0.717) is 11.3 Å². The van der Waals surface area contributed by atoms with Crippen LogP contribution in [0.15, 0.2) is 102 Å². The van der Waals surface area contributed by atoms with E-state index in [1.54, 1.807) is 10.9 Å². The molecule has 0 atom stereocenters. The monoisotopic (exact) mass is 405 g/mol. The van der Waals surface area contributed by atoms with Gasteiger partial charge in [-0.1, -0.05) is 65.9 Å². The Labute approximate surface area is 179 Å². The van der Waals surface area contributed by atoms with Gasteiger partial charge in [-0.2, -0.15) is 10.1 Å².